The van der Waals surface area contributed by atoms with Crippen molar-refractivity contribution in [3.05, 3.63) is 0 Å². The van der Waals surface area contributed by atoms with Crippen molar-refractivity contribution in [1.82, 2.24) is 10.6 Å². The fraction of sp³-hybridized carbons (Fsp3) is 0.846. The van der Waals surface area contributed by atoms with Gasteiger partial charge in [0.15, 0.2) is 0 Å². The molecular weight excluding hydrogens is 264 g/mol. The summed E-state index contributed by atoms with van der Waals surface area (Å²) in [5.74, 6) is -0.939. The summed E-state index contributed by atoms with van der Waals surface area (Å²) in [6.45, 7) is 5.55. The Kier molecular flexibility index (Phi) is 9.75. The normalized spacial score (nSPS) is 11.2. The van der Waals surface area contributed by atoms with E-state index in [0.29, 0.717) is 26.4 Å². The van der Waals surface area contributed by atoms with Crippen molar-refractivity contribution in [1.29, 1.82) is 0 Å². The van der Waals surface area contributed by atoms with Gasteiger partial charge in [0.25, 0.3) is 0 Å². The van der Waals surface area contributed by atoms with Gasteiger partial charge in [0.05, 0.1) is 18.6 Å². The Hall–Kier alpha value is -1.34. The average molecular weight is 290 g/mol. The molecule has 0 spiro atoms. The summed E-state index contributed by atoms with van der Waals surface area (Å²) < 4.78 is 10.1. The Morgan fingerprint density at radius 2 is 1.80 bits per heavy atom. The highest BCUT2D eigenvalue weighted by Crippen LogP contribution is 2.12. The molecule has 0 aromatic carbocycles. The van der Waals surface area contributed by atoms with E-state index in [1.54, 1.807) is 21.0 Å². The van der Waals surface area contributed by atoms with Crippen molar-refractivity contribution >= 4 is 12.0 Å². The number of carboxylic acids is 1. The topological polar surface area (TPSA) is 96.9 Å². The average Bonchev–Trinajstić information content (AvgIpc) is 2.39. The van der Waals surface area contributed by atoms with E-state index in [1.807, 2.05) is 0 Å². The van der Waals surface area contributed by atoms with Crippen LogP contribution in [0.1, 0.15) is 26.7 Å². The van der Waals surface area contributed by atoms with E-state index in [0.717, 1.165) is 12.8 Å². The molecule has 3 N–H and O–H groups in total. The third-order valence-corrected chi connectivity index (χ3v) is 2.70. The van der Waals surface area contributed by atoms with Gasteiger partial charge >= 0.3 is 12.0 Å². The van der Waals surface area contributed by atoms with Gasteiger partial charge in [0, 0.05) is 26.8 Å². The molecule has 0 radical (unpaired) electrons. The maximum Gasteiger partial charge on any atom is 0.314 e. The zero-order valence-electron chi connectivity index (χ0n) is 12.5. The summed E-state index contributed by atoms with van der Waals surface area (Å²) in [6, 6.07) is -0.348. The Morgan fingerprint density at radius 1 is 1.10 bits per heavy atom. The quantitative estimate of drug-likeness (QED) is 0.490. The van der Waals surface area contributed by atoms with Crippen LogP contribution in [0.2, 0.25) is 0 Å². The molecule has 0 saturated carbocycles. The zero-order chi connectivity index (χ0) is 15.4. The first-order chi connectivity index (χ1) is 9.40. The minimum Gasteiger partial charge on any atom is -0.481 e. The van der Waals surface area contributed by atoms with Crippen LogP contribution in [0, 0.1) is 5.41 Å². The lowest BCUT2D eigenvalue weighted by Crippen LogP contribution is -2.43. The molecule has 0 fully saturated rings. The van der Waals surface area contributed by atoms with Crippen LogP contribution in [0.4, 0.5) is 4.79 Å². The smallest absolute Gasteiger partial charge is 0.314 e. The summed E-state index contributed by atoms with van der Waals surface area (Å²) >= 11 is 0. The van der Waals surface area contributed by atoms with Crippen LogP contribution in [-0.2, 0) is 14.3 Å². The summed E-state index contributed by atoms with van der Waals surface area (Å²) in [5.41, 5.74) is -0.966. The van der Waals surface area contributed by atoms with E-state index in [1.165, 1.54) is 0 Å². The van der Waals surface area contributed by atoms with Gasteiger partial charge in [-0.25, -0.2) is 4.79 Å². The van der Waals surface area contributed by atoms with E-state index in [9.17, 15) is 9.59 Å². The molecular formula is C13H26N2O5. The van der Waals surface area contributed by atoms with Crippen LogP contribution >= 0.6 is 0 Å². The van der Waals surface area contributed by atoms with Gasteiger partial charge in [0.1, 0.15) is 0 Å². The van der Waals surface area contributed by atoms with Crippen LogP contribution in [0.25, 0.3) is 0 Å². The van der Waals surface area contributed by atoms with E-state index in [-0.39, 0.29) is 12.6 Å². The van der Waals surface area contributed by atoms with Crippen LogP contribution in [-0.4, -0.2) is 57.1 Å². The molecule has 0 bridgehead atoms. The summed E-state index contributed by atoms with van der Waals surface area (Å²) in [7, 11) is 1.62. The summed E-state index contributed by atoms with van der Waals surface area (Å²) in [6.07, 6.45) is 1.66. The molecule has 0 aromatic heterocycles. The van der Waals surface area contributed by atoms with Gasteiger partial charge in [-0.15, -0.1) is 0 Å². The molecule has 0 aliphatic rings. The molecule has 20 heavy (non-hydrogen) atoms. The number of unbranched alkanes of at least 4 members (excludes halogenated alkanes) is 1. The molecule has 7 heteroatoms. The first kappa shape index (κ1) is 18.7. The Balaban J connectivity index is 3.48. The molecule has 118 valence electrons. The maximum absolute atomic E-state index is 11.4. The highest BCUT2D eigenvalue weighted by atomic mass is 16.5. The Labute approximate surface area is 120 Å². The minimum absolute atomic E-state index is 0.0916. The van der Waals surface area contributed by atoms with Gasteiger partial charge in [-0.05, 0) is 26.7 Å². The molecule has 0 saturated heterocycles. The number of ether oxygens (including phenoxy) is 2. The molecule has 0 aliphatic heterocycles. The highest BCUT2D eigenvalue weighted by molar-refractivity contribution is 5.77. The first-order valence-corrected chi connectivity index (χ1v) is 6.72. The monoisotopic (exact) mass is 290 g/mol. The summed E-state index contributed by atoms with van der Waals surface area (Å²) in [5, 5.41) is 14.1. The number of carbonyl (C=O) groups is 2. The molecule has 0 unspecified atom stereocenters. The minimum atomic E-state index is -0.966. The lowest BCUT2D eigenvalue weighted by molar-refractivity contribution is -0.146. The van der Waals surface area contributed by atoms with E-state index in [2.05, 4.69) is 10.6 Å². The highest BCUT2D eigenvalue weighted by Gasteiger charge is 2.27. The molecule has 7 nitrogen and oxygen atoms in total. The van der Waals surface area contributed by atoms with Crippen LogP contribution < -0.4 is 10.6 Å². The standard InChI is InChI=1S/C13H26N2O5/c1-13(2,11(16)17)10-15-12(18)14-6-4-5-7-20-9-8-19-3/h4-10H2,1-3H3,(H,16,17)(H2,14,15,18). The van der Waals surface area contributed by atoms with Crippen LogP contribution in [0.3, 0.4) is 0 Å². The van der Waals surface area contributed by atoms with Gasteiger partial charge < -0.3 is 25.2 Å². The van der Waals surface area contributed by atoms with E-state index >= 15 is 0 Å². The number of aliphatic carboxylic acids is 1. The number of rotatable bonds is 11. The molecule has 0 aromatic rings. The third-order valence-electron chi connectivity index (χ3n) is 2.70. The van der Waals surface area contributed by atoms with Gasteiger partial charge in [-0.3, -0.25) is 4.79 Å². The van der Waals surface area contributed by atoms with E-state index in [4.69, 9.17) is 14.6 Å². The molecule has 0 heterocycles. The van der Waals surface area contributed by atoms with Crippen molar-refractivity contribution in [2.75, 3.05) is 40.0 Å². The van der Waals surface area contributed by atoms with Gasteiger partial charge in [0.2, 0.25) is 0 Å². The number of amides is 2. The molecule has 0 rings (SSSR count). The van der Waals surface area contributed by atoms with Gasteiger partial charge in [-0.2, -0.15) is 0 Å². The zero-order valence-corrected chi connectivity index (χ0v) is 12.5. The number of carbonyl (C=O) groups excluding carboxylic acids is 1. The van der Waals surface area contributed by atoms with Crippen molar-refractivity contribution in [3.63, 3.8) is 0 Å². The largest absolute Gasteiger partial charge is 0.481 e. The Bertz CT molecular complexity index is 294. The predicted molar refractivity (Wildman–Crippen MR) is 74.7 cm³/mol. The second-order valence-electron chi connectivity index (χ2n) is 5.11. The molecule has 0 aliphatic carbocycles. The first-order valence-electron chi connectivity index (χ1n) is 6.72. The van der Waals surface area contributed by atoms with Crippen molar-refractivity contribution < 1.29 is 24.2 Å². The number of hydrogen-bond donors (Lipinski definition) is 3. The molecule has 0 atom stereocenters. The van der Waals surface area contributed by atoms with Gasteiger partial charge in [-0.1, -0.05) is 0 Å². The maximum atomic E-state index is 11.4. The number of carboxylic acid groups (broad SMARTS) is 1. The van der Waals surface area contributed by atoms with Crippen molar-refractivity contribution in [2.24, 2.45) is 5.41 Å². The lowest BCUT2D eigenvalue weighted by Gasteiger charge is -2.19. The summed E-state index contributed by atoms with van der Waals surface area (Å²) in [4.78, 5) is 22.3. The second kappa shape index (κ2) is 10.4. The number of hydrogen-bond acceptors (Lipinski definition) is 4. The predicted octanol–water partition coefficient (Wildman–Crippen LogP) is 0.840. The third kappa shape index (κ3) is 9.57. The number of urea groups is 1. The van der Waals surface area contributed by atoms with Crippen molar-refractivity contribution in [3.8, 4) is 0 Å². The van der Waals surface area contributed by atoms with Crippen LogP contribution in [0.15, 0.2) is 0 Å². The number of methoxy groups -OCH3 is 1. The molecule has 2 amide bonds. The van der Waals surface area contributed by atoms with E-state index < -0.39 is 11.4 Å². The fourth-order valence-electron chi connectivity index (χ4n) is 1.21. The Morgan fingerprint density at radius 3 is 2.40 bits per heavy atom. The van der Waals surface area contributed by atoms with Crippen molar-refractivity contribution in [2.45, 2.75) is 26.7 Å². The fourth-order valence-corrected chi connectivity index (χ4v) is 1.21. The van der Waals surface area contributed by atoms with Crippen LogP contribution in [0.5, 0.6) is 0 Å². The second-order valence-corrected chi connectivity index (χ2v) is 5.11. The number of nitrogens with one attached hydrogen (secondary N) is 2. The lowest BCUT2D eigenvalue weighted by atomic mass is 9.94. The SMILES string of the molecule is COCCOCCCCNC(=O)NCC(C)(C)C(=O)O.